The normalized spacial score (nSPS) is 40.6. The fraction of sp³-hybridized carbons (Fsp3) is 0.700. The minimum atomic E-state index is -0.833. The van der Waals surface area contributed by atoms with Crippen LogP contribution in [0.4, 0.5) is 4.79 Å². The van der Waals surface area contributed by atoms with Crippen molar-refractivity contribution in [2.45, 2.75) is 37.3 Å². The van der Waals surface area contributed by atoms with Crippen molar-refractivity contribution >= 4 is 6.09 Å². The number of amides is 1. The van der Waals surface area contributed by atoms with E-state index in [1.54, 1.807) is 12.2 Å². The van der Waals surface area contributed by atoms with Crippen LogP contribution in [0.25, 0.3) is 0 Å². The van der Waals surface area contributed by atoms with Gasteiger partial charge in [0, 0.05) is 12.8 Å². The second-order valence-electron chi connectivity index (χ2n) is 3.93. The van der Waals surface area contributed by atoms with Crippen LogP contribution >= 0.6 is 0 Å². The molecule has 0 aromatic carbocycles. The molecule has 0 radical (unpaired) electrons. The predicted molar refractivity (Wildman–Crippen MR) is 53.5 cm³/mol. The highest BCUT2D eigenvalue weighted by Crippen LogP contribution is 2.25. The molecule has 6 nitrogen and oxygen atoms in total. The van der Waals surface area contributed by atoms with E-state index in [1.807, 2.05) is 0 Å². The Morgan fingerprint density at radius 3 is 2.69 bits per heavy atom. The molecule has 2 aliphatic rings. The van der Waals surface area contributed by atoms with Crippen LogP contribution in [0.5, 0.6) is 0 Å². The standard InChI is InChI=1S/C10H15NO5/c11-10(13)16-7-2-1-6(12)3-8-9(4-7)15-5-14-8/h1-2,6-9,12H,3-5H2,(H2,11,13)/b2-1+. The summed E-state index contributed by atoms with van der Waals surface area (Å²) in [5, 5.41) is 9.62. The highest BCUT2D eigenvalue weighted by Gasteiger charge is 2.34. The molecule has 1 heterocycles. The zero-order valence-corrected chi connectivity index (χ0v) is 8.74. The lowest BCUT2D eigenvalue weighted by molar-refractivity contribution is 0.0280. The summed E-state index contributed by atoms with van der Waals surface area (Å²) in [4.78, 5) is 10.7. The van der Waals surface area contributed by atoms with Gasteiger partial charge in [-0.2, -0.15) is 0 Å². The van der Waals surface area contributed by atoms with Gasteiger partial charge in [-0.05, 0) is 6.08 Å². The first-order valence-electron chi connectivity index (χ1n) is 5.21. The fourth-order valence-corrected chi connectivity index (χ4v) is 1.98. The minimum absolute atomic E-state index is 0.154. The van der Waals surface area contributed by atoms with Gasteiger partial charge >= 0.3 is 6.09 Å². The van der Waals surface area contributed by atoms with Gasteiger partial charge in [0.2, 0.25) is 0 Å². The van der Waals surface area contributed by atoms with Crippen molar-refractivity contribution in [3.8, 4) is 0 Å². The number of fused-ring (bicyclic) bond motifs is 1. The first-order chi connectivity index (χ1) is 7.65. The molecule has 1 aliphatic heterocycles. The summed E-state index contributed by atoms with van der Waals surface area (Å²) in [5.74, 6) is 0. The molecule has 90 valence electrons. The molecule has 6 heteroatoms. The van der Waals surface area contributed by atoms with E-state index < -0.39 is 18.3 Å². The van der Waals surface area contributed by atoms with E-state index in [2.05, 4.69) is 0 Å². The van der Waals surface area contributed by atoms with Gasteiger partial charge in [0.25, 0.3) is 0 Å². The van der Waals surface area contributed by atoms with E-state index in [0.717, 1.165) is 0 Å². The fourth-order valence-electron chi connectivity index (χ4n) is 1.98. The largest absolute Gasteiger partial charge is 0.442 e. The third kappa shape index (κ3) is 2.72. The third-order valence-electron chi connectivity index (χ3n) is 2.73. The molecule has 0 saturated carbocycles. The first kappa shape index (κ1) is 11.4. The van der Waals surface area contributed by atoms with Crippen molar-refractivity contribution in [1.82, 2.24) is 0 Å². The Balaban J connectivity index is 2.05. The lowest BCUT2D eigenvalue weighted by Gasteiger charge is -2.24. The van der Waals surface area contributed by atoms with Crippen LogP contribution in [-0.2, 0) is 14.2 Å². The molecule has 4 atom stereocenters. The molecule has 0 aromatic rings. The monoisotopic (exact) mass is 229 g/mol. The Morgan fingerprint density at radius 2 is 2.00 bits per heavy atom. The van der Waals surface area contributed by atoms with E-state index in [-0.39, 0.29) is 19.0 Å². The Labute approximate surface area is 93.0 Å². The van der Waals surface area contributed by atoms with Crippen LogP contribution in [-0.4, -0.2) is 42.4 Å². The smallest absolute Gasteiger partial charge is 0.405 e. The Kier molecular flexibility index (Phi) is 3.42. The van der Waals surface area contributed by atoms with Crippen molar-refractivity contribution in [2.75, 3.05) is 6.79 Å². The Hall–Kier alpha value is -1.11. The van der Waals surface area contributed by atoms with Crippen LogP contribution in [0, 0.1) is 0 Å². The van der Waals surface area contributed by atoms with Crippen LogP contribution in [0.3, 0.4) is 0 Å². The van der Waals surface area contributed by atoms with Gasteiger partial charge in [-0.25, -0.2) is 4.79 Å². The second-order valence-corrected chi connectivity index (χ2v) is 3.93. The molecular weight excluding hydrogens is 214 g/mol. The van der Waals surface area contributed by atoms with Gasteiger partial charge in [0.15, 0.2) is 0 Å². The number of ether oxygens (including phenoxy) is 3. The lowest BCUT2D eigenvalue weighted by Crippen LogP contribution is -2.34. The number of rotatable bonds is 1. The maximum absolute atomic E-state index is 10.7. The van der Waals surface area contributed by atoms with E-state index in [4.69, 9.17) is 19.9 Å². The molecule has 1 saturated heterocycles. The van der Waals surface area contributed by atoms with E-state index in [0.29, 0.717) is 12.8 Å². The summed E-state index contributed by atoms with van der Waals surface area (Å²) in [6.45, 7) is 0.214. The molecule has 1 fully saturated rings. The number of aliphatic hydroxyl groups is 1. The summed E-state index contributed by atoms with van der Waals surface area (Å²) in [6.07, 6.45) is 1.97. The van der Waals surface area contributed by atoms with Gasteiger partial charge in [0.1, 0.15) is 12.9 Å². The maximum Gasteiger partial charge on any atom is 0.405 e. The molecule has 4 unspecified atom stereocenters. The van der Waals surface area contributed by atoms with Gasteiger partial charge in [-0.1, -0.05) is 6.08 Å². The summed E-state index contributed by atoms with van der Waals surface area (Å²) in [6, 6.07) is 0. The molecular formula is C10H15NO5. The lowest BCUT2D eigenvalue weighted by atomic mass is 9.97. The number of primary amides is 1. The number of carbonyl (C=O) groups excluding carboxylic acids is 1. The van der Waals surface area contributed by atoms with Gasteiger partial charge in [-0.3, -0.25) is 0 Å². The molecule has 0 spiro atoms. The molecule has 0 aromatic heterocycles. The van der Waals surface area contributed by atoms with Gasteiger partial charge in [-0.15, -0.1) is 0 Å². The second kappa shape index (κ2) is 4.82. The molecule has 2 rings (SSSR count). The summed E-state index contributed by atoms with van der Waals surface area (Å²) < 4.78 is 15.6. The molecule has 0 bridgehead atoms. The van der Waals surface area contributed by atoms with E-state index >= 15 is 0 Å². The maximum atomic E-state index is 10.7. The van der Waals surface area contributed by atoms with E-state index in [1.165, 1.54) is 0 Å². The number of aliphatic hydroxyl groups excluding tert-OH is 1. The van der Waals surface area contributed by atoms with Crippen LogP contribution in [0.1, 0.15) is 12.8 Å². The highest BCUT2D eigenvalue weighted by molar-refractivity contribution is 5.65. The number of nitrogens with two attached hydrogens (primary N) is 1. The summed E-state index contributed by atoms with van der Waals surface area (Å²) in [7, 11) is 0. The Morgan fingerprint density at radius 1 is 1.31 bits per heavy atom. The quantitative estimate of drug-likeness (QED) is 0.613. The van der Waals surface area contributed by atoms with Crippen LogP contribution in [0.2, 0.25) is 0 Å². The number of carbonyl (C=O) groups is 1. The van der Waals surface area contributed by atoms with Gasteiger partial charge < -0.3 is 25.1 Å². The SMILES string of the molecule is NC(=O)OC1/C=C/C(O)CC2OCOC2C1. The topological polar surface area (TPSA) is 91.0 Å². The number of hydrogen-bond acceptors (Lipinski definition) is 5. The minimum Gasteiger partial charge on any atom is -0.442 e. The Bertz CT molecular complexity index is 293. The molecule has 1 amide bonds. The zero-order chi connectivity index (χ0) is 11.5. The average molecular weight is 229 g/mol. The van der Waals surface area contributed by atoms with Crippen molar-refractivity contribution in [1.29, 1.82) is 0 Å². The van der Waals surface area contributed by atoms with Crippen molar-refractivity contribution in [3.63, 3.8) is 0 Å². The van der Waals surface area contributed by atoms with E-state index in [9.17, 15) is 9.90 Å². The van der Waals surface area contributed by atoms with Crippen molar-refractivity contribution in [3.05, 3.63) is 12.2 Å². The predicted octanol–water partition coefficient (Wildman–Crippen LogP) is -0.0973. The molecule has 3 N–H and O–H groups in total. The van der Waals surface area contributed by atoms with Gasteiger partial charge in [0.05, 0.1) is 18.3 Å². The van der Waals surface area contributed by atoms with Crippen molar-refractivity contribution < 1.29 is 24.1 Å². The summed E-state index contributed by atoms with van der Waals surface area (Å²) in [5.41, 5.74) is 4.96. The molecule has 1 aliphatic carbocycles. The third-order valence-corrected chi connectivity index (χ3v) is 2.73. The van der Waals surface area contributed by atoms with Crippen molar-refractivity contribution in [2.24, 2.45) is 5.73 Å². The average Bonchev–Trinajstić information content (AvgIpc) is 2.58. The first-order valence-corrected chi connectivity index (χ1v) is 5.21. The highest BCUT2D eigenvalue weighted by atomic mass is 16.7. The molecule has 16 heavy (non-hydrogen) atoms. The number of hydrogen-bond donors (Lipinski definition) is 2. The van der Waals surface area contributed by atoms with Crippen LogP contribution in [0.15, 0.2) is 12.2 Å². The zero-order valence-electron chi connectivity index (χ0n) is 8.74. The summed E-state index contributed by atoms with van der Waals surface area (Å²) >= 11 is 0. The van der Waals surface area contributed by atoms with Crippen LogP contribution < -0.4 is 5.73 Å².